The number of amides is 1. The van der Waals surface area contributed by atoms with Crippen LogP contribution in [0.4, 0.5) is 0 Å². The molecular weight excluding hydrogens is 204 g/mol. The Morgan fingerprint density at radius 2 is 2.19 bits per heavy atom. The third kappa shape index (κ3) is 4.50. The van der Waals surface area contributed by atoms with Gasteiger partial charge in [-0.15, -0.1) is 0 Å². The molecule has 0 unspecified atom stereocenters. The van der Waals surface area contributed by atoms with Gasteiger partial charge in [0.25, 0.3) is 0 Å². The number of carbonyl (C=O) groups excluding carboxylic acids is 2. The number of nitrogens with zero attached hydrogens (tertiary/aromatic N) is 1. The van der Waals surface area contributed by atoms with Gasteiger partial charge in [-0.25, -0.2) is 4.98 Å². The zero-order valence-electron chi connectivity index (χ0n) is 9.14. The van der Waals surface area contributed by atoms with Crippen molar-refractivity contribution in [1.82, 2.24) is 10.3 Å². The van der Waals surface area contributed by atoms with Crippen LogP contribution >= 0.6 is 0 Å². The first-order valence-corrected chi connectivity index (χ1v) is 5.05. The largest absolute Gasteiger partial charge is 0.356 e. The Labute approximate surface area is 94.4 Å². The van der Waals surface area contributed by atoms with Crippen LogP contribution < -0.4 is 5.32 Å². The van der Waals surface area contributed by atoms with Crippen LogP contribution in [-0.2, 0) is 4.79 Å². The monoisotopic (exact) mass is 218 g/mol. The Morgan fingerprint density at radius 1 is 1.44 bits per heavy atom. The molecule has 1 aromatic heterocycles. The molecule has 0 aliphatic heterocycles. The van der Waals surface area contributed by atoms with E-state index in [4.69, 9.17) is 0 Å². The lowest BCUT2D eigenvalue weighted by Gasteiger charge is -1.97. The van der Waals surface area contributed by atoms with E-state index in [1.807, 2.05) is 18.2 Å². The average Bonchev–Trinajstić information content (AvgIpc) is 2.28. The Balaban J connectivity index is 2.43. The second-order valence-corrected chi connectivity index (χ2v) is 3.28. The summed E-state index contributed by atoms with van der Waals surface area (Å²) in [5, 5.41) is 2.69. The molecule has 0 radical (unpaired) electrons. The van der Waals surface area contributed by atoms with E-state index in [0.29, 0.717) is 18.5 Å². The van der Waals surface area contributed by atoms with Crippen molar-refractivity contribution in [3.8, 4) is 0 Å². The summed E-state index contributed by atoms with van der Waals surface area (Å²) in [7, 11) is 0. The minimum absolute atomic E-state index is 0.0329. The molecule has 0 aromatic carbocycles. The standard InChI is InChI=1S/C12H14N2O2/c1-10(16)13-8-3-2-5-11-6-4-7-12(9-15)14-11/h2,4-7,9H,3,8H2,1H3,(H,13,16). The van der Waals surface area contributed by atoms with E-state index in [-0.39, 0.29) is 5.91 Å². The SMILES string of the molecule is CC(=O)NCCC=Cc1cccc(C=O)n1. The first-order valence-electron chi connectivity index (χ1n) is 5.05. The highest BCUT2D eigenvalue weighted by molar-refractivity contribution is 5.73. The number of nitrogens with one attached hydrogen (secondary N) is 1. The van der Waals surface area contributed by atoms with Gasteiger partial charge in [-0.3, -0.25) is 9.59 Å². The zero-order valence-corrected chi connectivity index (χ0v) is 9.14. The van der Waals surface area contributed by atoms with Gasteiger partial charge in [0.15, 0.2) is 6.29 Å². The van der Waals surface area contributed by atoms with E-state index >= 15 is 0 Å². The summed E-state index contributed by atoms with van der Waals surface area (Å²) >= 11 is 0. The summed E-state index contributed by atoms with van der Waals surface area (Å²) in [6.45, 7) is 2.10. The van der Waals surface area contributed by atoms with Crippen molar-refractivity contribution in [2.45, 2.75) is 13.3 Å². The highest BCUT2D eigenvalue weighted by Crippen LogP contribution is 2.00. The fraction of sp³-hybridized carbons (Fsp3) is 0.250. The molecule has 84 valence electrons. The normalized spacial score (nSPS) is 10.3. The number of aromatic nitrogens is 1. The lowest BCUT2D eigenvalue weighted by atomic mass is 10.2. The molecule has 0 fully saturated rings. The van der Waals surface area contributed by atoms with E-state index in [0.717, 1.165) is 12.1 Å². The molecular formula is C12H14N2O2. The maximum absolute atomic E-state index is 10.6. The molecule has 0 aliphatic carbocycles. The topological polar surface area (TPSA) is 59.1 Å². The minimum atomic E-state index is -0.0329. The molecule has 4 heteroatoms. The Morgan fingerprint density at radius 3 is 2.88 bits per heavy atom. The van der Waals surface area contributed by atoms with Crippen LogP contribution in [0.3, 0.4) is 0 Å². The van der Waals surface area contributed by atoms with Crippen LogP contribution in [0.15, 0.2) is 24.3 Å². The van der Waals surface area contributed by atoms with Crippen LogP contribution in [0.25, 0.3) is 6.08 Å². The van der Waals surface area contributed by atoms with E-state index in [2.05, 4.69) is 10.3 Å². The fourth-order valence-corrected chi connectivity index (χ4v) is 1.16. The highest BCUT2D eigenvalue weighted by Gasteiger charge is 1.92. The molecule has 16 heavy (non-hydrogen) atoms. The quantitative estimate of drug-likeness (QED) is 0.601. The number of hydrogen-bond acceptors (Lipinski definition) is 3. The Bertz CT molecular complexity index is 400. The van der Waals surface area contributed by atoms with Gasteiger partial charge in [-0.1, -0.05) is 12.1 Å². The van der Waals surface area contributed by atoms with Gasteiger partial charge in [0.2, 0.25) is 5.91 Å². The van der Waals surface area contributed by atoms with Gasteiger partial charge in [0, 0.05) is 13.5 Å². The van der Waals surface area contributed by atoms with Crippen molar-refractivity contribution in [2.24, 2.45) is 0 Å². The van der Waals surface area contributed by atoms with Crippen LogP contribution in [0.2, 0.25) is 0 Å². The van der Waals surface area contributed by atoms with Gasteiger partial charge in [0.05, 0.1) is 5.69 Å². The molecule has 0 saturated heterocycles. The lowest BCUT2D eigenvalue weighted by Crippen LogP contribution is -2.20. The van der Waals surface area contributed by atoms with Crippen molar-refractivity contribution in [3.63, 3.8) is 0 Å². The number of hydrogen-bond donors (Lipinski definition) is 1. The molecule has 0 saturated carbocycles. The van der Waals surface area contributed by atoms with Gasteiger partial charge in [-0.2, -0.15) is 0 Å². The second-order valence-electron chi connectivity index (χ2n) is 3.28. The van der Waals surface area contributed by atoms with E-state index in [9.17, 15) is 9.59 Å². The minimum Gasteiger partial charge on any atom is -0.356 e. The van der Waals surface area contributed by atoms with Crippen LogP contribution in [0.5, 0.6) is 0 Å². The maximum atomic E-state index is 10.6. The van der Waals surface area contributed by atoms with Crippen LogP contribution in [0, 0.1) is 0 Å². The zero-order chi connectivity index (χ0) is 11.8. The Hall–Kier alpha value is -1.97. The first kappa shape index (κ1) is 12.1. The summed E-state index contributed by atoms with van der Waals surface area (Å²) in [5.41, 5.74) is 1.16. The molecule has 0 atom stereocenters. The molecule has 1 N–H and O–H groups in total. The Kier molecular flexibility index (Phi) is 4.92. The number of pyridine rings is 1. The molecule has 4 nitrogen and oxygen atoms in total. The van der Waals surface area contributed by atoms with Crippen molar-refractivity contribution in [1.29, 1.82) is 0 Å². The van der Waals surface area contributed by atoms with Crippen molar-refractivity contribution in [3.05, 3.63) is 35.7 Å². The third-order valence-corrected chi connectivity index (χ3v) is 1.89. The highest BCUT2D eigenvalue weighted by atomic mass is 16.1. The predicted molar refractivity (Wildman–Crippen MR) is 62.0 cm³/mol. The molecule has 0 spiro atoms. The molecule has 1 rings (SSSR count). The number of rotatable bonds is 5. The molecule has 1 aromatic rings. The van der Waals surface area contributed by atoms with E-state index in [1.165, 1.54) is 6.92 Å². The molecule has 0 bridgehead atoms. The predicted octanol–water partition coefficient (Wildman–Crippen LogP) is 1.43. The van der Waals surface area contributed by atoms with Crippen LogP contribution in [-0.4, -0.2) is 23.7 Å². The maximum Gasteiger partial charge on any atom is 0.216 e. The van der Waals surface area contributed by atoms with Gasteiger partial charge >= 0.3 is 0 Å². The summed E-state index contributed by atoms with van der Waals surface area (Å²) in [6, 6.07) is 5.26. The van der Waals surface area contributed by atoms with Gasteiger partial charge in [0.1, 0.15) is 5.69 Å². The van der Waals surface area contributed by atoms with Crippen molar-refractivity contribution >= 4 is 18.3 Å². The smallest absolute Gasteiger partial charge is 0.216 e. The molecule has 1 heterocycles. The van der Waals surface area contributed by atoms with Crippen molar-refractivity contribution in [2.75, 3.05) is 6.54 Å². The molecule has 1 amide bonds. The first-order chi connectivity index (χ1) is 7.72. The lowest BCUT2D eigenvalue weighted by molar-refractivity contribution is -0.118. The van der Waals surface area contributed by atoms with E-state index < -0.39 is 0 Å². The van der Waals surface area contributed by atoms with Crippen LogP contribution in [0.1, 0.15) is 29.5 Å². The second kappa shape index (κ2) is 6.50. The summed E-state index contributed by atoms with van der Waals surface area (Å²) < 4.78 is 0. The average molecular weight is 218 g/mol. The third-order valence-electron chi connectivity index (χ3n) is 1.89. The van der Waals surface area contributed by atoms with Gasteiger partial charge < -0.3 is 5.32 Å². The van der Waals surface area contributed by atoms with Gasteiger partial charge in [-0.05, 0) is 24.6 Å². The summed E-state index contributed by atoms with van der Waals surface area (Å²) in [6.07, 6.45) is 5.20. The van der Waals surface area contributed by atoms with Crippen molar-refractivity contribution < 1.29 is 9.59 Å². The summed E-state index contributed by atoms with van der Waals surface area (Å²) in [5.74, 6) is -0.0329. The van der Waals surface area contributed by atoms with E-state index in [1.54, 1.807) is 12.1 Å². The summed E-state index contributed by atoms with van der Waals surface area (Å²) in [4.78, 5) is 25.1. The number of aldehydes is 1. The number of carbonyl (C=O) groups is 2. The fourth-order valence-electron chi connectivity index (χ4n) is 1.16. The molecule has 0 aliphatic rings.